The van der Waals surface area contributed by atoms with Gasteiger partial charge in [-0.2, -0.15) is 0 Å². The molecule has 0 radical (unpaired) electrons. The third-order valence-corrected chi connectivity index (χ3v) is 5.79. The van der Waals surface area contributed by atoms with Gasteiger partial charge in [0, 0.05) is 12.6 Å². The van der Waals surface area contributed by atoms with Crippen LogP contribution in [0, 0.1) is 5.92 Å². The number of nitrogens with zero attached hydrogens (tertiary/aromatic N) is 1. The molecule has 2 unspecified atom stereocenters. The summed E-state index contributed by atoms with van der Waals surface area (Å²) in [6, 6.07) is 0.248. The first-order valence-electron chi connectivity index (χ1n) is 9.50. The largest absolute Gasteiger partial charge is 0.465 e. The highest BCUT2D eigenvalue weighted by molar-refractivity contribution is 5.67. The van der Waals surface area contributed by atoms with Crippen molar-refractivity contribution in [2.24, 2.45) is 5.92 Å². The molecular weight excluding hydrogens is 308 g/mol. The molecule has 138 valence electrons. The predicted octanol–water partition coefficient (Wildman–Crippen LogP) is 2.55. The Morgan fingerprint density at radius 3 is 2.50 bits per heavy atom. The Kier molecular flexibility index (Phi) is 5.37. The highest BCUT2D eigenvalue weighted by atomic mass is 16.6. The second-order valence-electron chi connectivity index (χ2n) is 8.24. The van der Waals surface area contributed by atoms with Gasteiger partial charge in [-0.05, 0) is 39.0 Å². The van der Waals surface area contributed by atoms with Crippen LogP contribution in [0.25, 0.3) is 0 Å². The van der Waals surface area contributed by atoms with Crippen LogP contribution >= 0.6 is 0 Å². The lowest BCUT2D eigenvalue weighted by atomic mass is 9.83. The third kappa shape index (κ3) is 4.03. The molecule has 0 bridgehead atoms. The van der Waals surface area contributed by atoms with Gasteiger partial charge in [0.25, 0.3) is 0 Å². The Bertz CT molecular complexity index is 446. The molecule has 3 atom stereocenters. The standard InChI is InChI=1S/C18H32N2O4/c1-18(2)20(17(22)23)14(10-12-6-4-3-5-7-12)16(24-18)15(21)11-19-13-8-9-13/h12-16,19,21H,3-11H2,1-2H3,(H,22,23)/t14?,15-,16?/m1/s1. The van der Waals surface area contributed by atoms with E-state index in [1.165, 1.54) is 24.2 Å². The summed E-state index contributed by atoms with van der Waals surface area (Å²) in [4.78, 5) is 13.3. The van der Waals surface area contributed by atoms with Crippen molar-refractivity contribution >= 4 is 6.09 Å². The first-order chi connectivity index (χ1) is 11.4. The zero-order valence-electron chi connectivity index (χ0n) is 14.9. The number of aliphatic hydroxyl groups is 1. The number of ether oxygens (including phenoxy) is 1. The SMILES string of the molecule is CC1(C)OC([C@H](O)CNC2CC2)C(CC2CCCCC2)N1C(=O)O. The molecule has 0 aromatic rings. The van der Waals surface area contributed by atoms with Gasteiger partial charge >= 0.3 is 6.09 Å². The summed E-state index contributed by atoms with van der Waals surface area (Å²) < 4.78 is 6.05. The maximum atomic E-state index is 11.9. The van der Waals surface area contributed by atoms with E-state index in [0.717, 1.165) is 32.1 Å². The number of carbonyl (C=O) groups is 1. The lowest BCUT2D eigenvalue weighted by Gasteiger charge is -2.34. The molecule has 0 aromatic heterocycles. The van der Waals surface area contributed by atoms with Crippen LogP contribution in [0.3, 0.4) is 0 Å². The highest BCUT2D eigenvalue weighted by Crippen LogP contribution is 2.39. The Balaban J connectivity index is 1.71. The zero-order valence-corrected chi connectivity index (χ0v) is 14.9. The van der Waals surface area contributed by atoms with Crippen LogP contribution in [0.5, 0.6) is 0 Å². The first kappa shape index (κ1) is 18.0. The molecular formula is C18H32N2O4. The molecule has 2 saturated carbocycles. The Hall–Kier alpha value is -0.850. The quantitative estimate of drug-likeness (QED) is 0.692. The van der Waals surface area contributed by atoms with Crippen LogP contribution in [0.1, 0.15) is 65.2 Å². The number of carboxylic acid groups (broad SMARTS) is 1. The molecule has 3 rings (SSSR count). The number of hydrogen-bond donors (Lipinski definition) is 3. The van der Waals surface area contributed by atoms with Gasteiger partial charge in [-0.25, -0.2) is 4.79 Å². The minimum atomic E-state index is -0.953. The van der Waals surface area contributed by atoms with Crippen LogP contribution in [-0.2, 0) is 4.74 Å². The van der Waals surface area contributed by atoms with Crippen molar-refractivity contribution in [1.82, 2.24) is 10.2 Å². The summed E-state index contributed by atoms with van der Waals surface area (Å²) in [6.07, 6.45) is 7.09. The zero-order chi connectivity index (χ0) is 17.3. The van der Waals surface area contributed by atoms with Crippen molar-refractivity contribution in [3.63, 3.8) is 0 Å². The fourth-order valence-corrected chi connectivity index (χ4v) is 4.42. The second kappa shape index (κ2) is 7.18. The summed E-state index contributed by atoms with van der Waals surface area (Å²) in [5, 5.41) is 23.7. The Labute approximate surface area is 144 Å². The number of nitrogens with one attached hydrogen (secondary N) is 1. The van der Waals surface area contributed by atoms with Crippen LogP contribution in [0.4, 0.5) is 4.79 Å². The van der Waals surface area contributed by atoms with Crippen LogP contribution < -0.4 is 5.32 Å². The van der Waals surface area contributed by atoms with Crippen molar-refractivity contribution < 1.29 is 19.7 Å². The molecule has 1 heterocycles. The van der Waals surface area contributed by atoms with Crippen LogP contribution in [-0.4, -0.2) is 57.8 Å². The monoisotopic (exact) mass is 340 g/mol. The third-order valence-electron chi connectivity index (χ3n) is 5.79. The van der Waals surface area contributed by atoms with Gasteiger partial charge in [0.1, 0.15) is 11.8 Å². The van der Waals surface area contributed by atoms with E-state index in [1.807, 2.05) is 0 Å². The molecule has 1 saturated heterocycles. The molecule has 1 amide bonds. The van der Waals surface area contributed by atoms with Crippen molar-refractivity contribution in [1.29, 1.82) is 0 Å². The van der Waals surface area contributed by atoms with Gasteiger partial charge in [0.05, 0.1) is 12.1 Å². The minimum absolute atomic E-state index is 0.267. The fourth-order valence-electron chi connectivity index (χ4n) is 4.42. The van der Waals surface area contributed by atoms with Crippen LogP contribution in [0.2, 0.25) is 0 Å². The summed E-state index contributed by atoms with van der Waals surface area (Å²) in [6.45, 7) is 4.05. The average molecular weight is 340 g/mol. The van der Waals surface area contributed by atoms with Gasteiger partial charge < -0.3 is 20.3 Å². The fraction of sp³-hybridized carbons (Fsp3) is 0.944. The first-order valence-corrected chi connectivity index (χ1v) is 9.50. The second-order valence-corrected chi connectivity index (χ2v) is 8.24. The van der Waals surface area contributed by atoms with Gasteiger partial charge in [-0.15, -0.1) is 0 Å². The van der Waals surface area contributed by atoms with E-state index in [-0.39, 0.29) is 6.04 Å². The minimum Gasteiger partial charge on any atom is -0.465 e. The number of hydrogen-bond acceptors (Lipinski definition) is 4. The molecule has 24 heavy (non-hydrogen) atoms. The van der Waals surface area contributed by atoms with Crippen molar-refractivity contribution in [3.8, 4) is 0 Å². The number of aliphatic hydroxyl groups excluding tert-OH is 1. The van der Waals surface area contributed by atoms with Crippen molar-refractivity contribution in [2.75, 3.05) is 6.54 Å². The van der Waals surface area contributed by atoms with Crippen molar-refractivity contribution in [3.05, 3.63) is 0 Å². The van der Waals surface area contributed by atoms with E-state index >= 15 is 0 Å². The van der Waals surface area contributed by atoms with E-state index < -0.39 is 24.0 Å². The topological polar surface area (TPSA) is 82.0 Å². The summed E-state index contributed by atoms with van der Waals surface area (Å²) in [5.74, 6) is 0.536. The maximum Gasteiger partial charge on any atom is 0.409 e. The van der Waals surface area contributed by atoms with E-state index in [9.17, 15) is 15.0 Å². The van der Waals surface area contributed by atoms with Gasteiger partial charge in [0.15, 0.2) is 0 Å². The molecule has 0 spiro atoms. The normalized spacial score (nSPS) is 32.0. The molecule has 6 nitrogen and oxygen atoms in total. The number of amides is 1. The van der Waals surface area contributed by atoms with E-state index in [0.29, 0.717) is 18.5 Å². The molecule has 3 fully saturated rings. The Morgan fingerprint density at radius 2 is 1.92 bits per heavy atom. The summed E-state index contributed by atoms with van der Waals surface area (Å²) in [7, 11) is 0. The maximum absolute atomic E-state index is 11.9. The van der Waals surface area contributed by atoms with Gasteiger partial charge in [0.2, 0.25) is 0 Å². The molecule has 0 aromatic carbocycles. The lowest BCUT2D eigenvalue weighted by molar-refractivity contribution is -0.0968. The van der Waals surface area contributed by atoms with E-state index in [4.69, 9.17) is 4.74 Å². The van der Waals surface area contributed by atoms with E-state index in [2.05, 4.69) is 5.32 Å². The average Bonchev–Trinajstić information content (AvgIpc) is 3.30. The highest BCUT2D eigenvalue weighted by Gasteiger charge is 2.52. The molecule has 3 aliphatic rings. The molecule has 1 aliphatic heterocycles. The summed E-state index contributed by atoms with van der Waals surface area (Å²) >= 11 is 0. The number of rotatable bonds is 6. The van der Waals surface area contributed by atoms with Gasteiger partial charge in [-0.1, -0.05) is 32.1 Å². The molecule has 3 N–H and O–H groups in total. The lowest BCUT2D eigenvalue weighted by Crippen LogP contribution is -2.50. The van der Waals surface area contributed by atoms with Crippen molar-refractivity contribution in [2.45, 2.75) is 95.2 Å². The predicted molar refractivity (Wildman–Crippen MR) is 90.8 cm³/mol. The van der Waals surface area contributed by atoms with Crippen LogP contribution in [0.15, 0.2) is 0 Å². The Morgan fingerprint density at radius 1 is 1.25 bits per heavy atom. The smallest absolute Gasteiger partial charge is 0.409 e. The molecule has 2 aliphatic carbocycles. The van der Waals surface area contributed by atoms with Gasteiger partial charge in [-0.3, -0.25) is 4.90 Å². The molecule has 6 heteroatoms. The van der Waals surface area contributed by atoms with E-state index in [1.54, 1.807) is 13.8 Å². The summed E-state index contributed by atoms with van der Waals surface area (Å²) in [5.41, 5.74) is -0.892.